The van der Waals surface area contributed by atoms with Crippen molar-refractivity contribution in [3.05, 3.63) is 0 Å². The van der Waals surface area contributed by atoms with E-state index in [2.05, 4.69) is 31.4 Å². The van der Waals surface area contributed by atoms with Gasteiger partial charge in [0.25, 0.3) is 0 Å². The molecule has 0 radical (unpaired) electrons. The molecular formula is C11H26N2O. The summed E-state index contributed by atoms with van der Waals surface area (Å²) < 4.78 is 0. The molecule has 0 aliphatic rings. The summed E-state index contributed by atoms with van der Waals surface area (Å²) in [4.78, 5) is 0. The maximum Gasteiger partial charge on any atom is 0.0431 e. The Kier molecular flexibility index (Phi) is 9.35. The summed E-state index contributed by atoms with van der Waals surface area (Å²) in [6.07, 6.45) is 1.96. The average molecular weight is 202 g/mol. The van der Waals surface area contributed by atoms with Gasteiger partial charge in [-0.05, 0) is 38.8 Å². The predicted molar refractivity (Wildman–Crippen MR) is 61.5 cm³/mol. The second-order valence-electron chi connectivity index (χ2n) is 4.34. The molecule has 0 aliphatic carbocycles. The van der Waals surface area contributed by atoms with Crippen molar-refractivity contribution < 1.29 is 5.11 Å². The van der Waals surface area contributed by atoms with Crippen molar-refractivity contribution in [2.24, 2.45) is 5.92 Å². The van der Waals surface area contributed by atoms with Gasteiger partial charge in [0.05, 0.1) is 0 Å². The van der Waals surface area contributed by atoms with Gasteiger partial charge in [0.15, 0.2) is 0 Å². The molecule has 86 valence electrons. The Morgan fingerprint density at radius 3 is 2.36 bits per heavy atom. The summed E-state index contributed by atoms with van der Waals surface area (Å²) in [6, 6.07) is 0.521. The van der Waals surface area contributed by atoms with Crippen LogP contribution in [0.1, 0.15) is 33.6 Å². The summed E-state index contributed by atoms with van der Waals surface area (Å²) in [5, 5.41) is 15.4. The van der Waals surface area contributed by atoms with E-state index in [4.69, 9.17) is 5.11 Å². The van der Waals surface area contributed by atoms with Crippen molar-refractivity contribution in [3.8, 4) is 0 Å². The lowest BCUT2D eigenvalue weighted by Gasteiger charge is -2.15. The van der Waals surface area contributed by atoms with Gasteiger partial charge in [-0.2, -0.15) is 0 Å². The van der Waals surface area contributed by atoms with Gasteiger partial charge in [-0.1, -0.05) is 13.8 Å². The second-order valence-corrected chi connectivity index (χ2v) is 4.34. The van der Waals surface area contributed by atoms with Crippen LogP contribution in [0.5, 0.6) is 0 Å². The second kappa shape index (κ2) is 9.44. The topological polar surface area (TPSA) is 44.3 Å². The number of hydrogen-bond donors (Lipinski definition) is 3. The first-order valence-corrected chi connectivity index (χ1v) is 5.71. The zero-order chi connectivity index (χ0) is 10.8. The predicted octanol–water partition coefficient (Wildman–Crippen LogP) is 0.983. The molecule has 0 aromatic carbocycles. The van der Waals surface area contributed by atoms with E-state index in [1.807, 2.05) is 0 Å². The van der Waals surface area contributed by atoms with Crippen LogP contribution in [0.4, 0.5) is 0 Å². The van der Waals surface area contributed by atoms with Gasteiger partial charge in [-0.15, -0.1) is 0 Å². The standard InChI is InChI=1S/C11H26N2O/c1-10(2)8-12-9-11(3)13-6-4-5-7-14/h10-14H,4-9H2,1-3H3. The van der Waals surface area contributed by atoms with Gasteiger partial charge in [0.2, 0.25) is 0 Å². The fourth-order valence-electron chi connectivity index (χ4n) is 1.25. The third kappa shape index (κ3) is 9.96. The molecule has 0 heterocycles. The molecule has 0 spiro atoms. The summed E-state index contributed by atoms with van der Waals surface area (Å²) >= 11 is 0. The highest BCUT2D eigenvalue weighted by atomic mass is 16.2. The first-order chi connectivity index (χ1) is 6.66. The van der Waals surface area contributed by atoms with E-state index >= 15 is 0 Å². The summed E-state index contributed by atoms with van der Waals surface area (Å²) in [5.74, 6) is 0.719. The maximum atomic E-state index is 8.59. The minimum atomic E-state index is 0.307. The molecule has 0 aromatic heterocycles. The van der Waals surface area contributed by atoms with E-state index in [-0.39, 0.29) is 0 Å². The Bertz CT molecular complexity index is 118. The van der Waals surface area contributed by atoms with Crippen molar-refractivity contribution in [2.75, 3.05) is 26.2 Å². The lowest BCUT2D eigenvalue weighted by Crippen LogP contribution is -2.38. The first kappa shape index (κ1) is 13.9. The van der Waals surface area contributed by atoms with Crippen molar-refractivity contribution in [1.82, 2.24) is 10.6 Å². The Morgan fingerprint density at radius 2 is 1.79 bits per heavy atom. The SMILES string of the molecule is CC(C)CNCC(C)NCCCCO. The van der Waals surface area contributed by atoms with Gasteiger partial charge >= 0.3 is 0 Å². The first-order valence-electron chi connectivity index (χ1n) is 5.71. The third-order valence-corrected chi connectivity index (χ3v) is 2.08. The molecule has 0 saturated carbocycles. The lowest BCUT2D eigenvalue weighted by atomic mass is 10.2. The number of aliphatic hydroxyl groups excluding tert-OH is 1. The Balaban J connectivity index is 3.15. The average Bonchev–Trinajstić information content (AvgIpc) is 2.12. The van der Waals surface area contributed by atoms with Crippen molar-refractivity contribution in [3.63, 3.8) is 0 Å². The smallest absolute Gasteiger partial charge is 0.0431 e. The molecular weight excluding hydrogens is 176 g/mol. The third-order valence-electron chi connectivity index (χ3n) is 2.08. The molecule has 0 bridgehead atoms. The van der Waals surface area contributed by atoms with Crippen LogP contribution < -0.4 is 10.6 Å². The molecule has 1 atom stereocenters. The van der Waals surface area contributed by atoms with Gasteiger partial charge < -0.3 is 15.7 Å². The van der Waals surface area contributed by atoms with Crippen LogP contribution in [0, 0.1) is 5.92 Å². The molecule has 0 aliphatic heterocycles. The fourth-order valence-corrected chi connectivity index (χ4v) is 1.25. The van der Waals surface area contributed by atoms with Crippen LogP contribution >= 0.6 is 0 Å². The van der Waals surface area contributed by atoms with Crippen molar-refractivity contribution >= 4 is 0 Å². The maximum absolute atomic E-state index is 8.59. The number of hydrogen-bond acceptors (Lipinski definition) is 3. The van der Waals surface area contributed by atoms with E-state index in [0.717, 1.165) is 38.4 Å². The van der Waals surface area contributed by atoms with Crippen LogP contribution in [0.25, 0.3) is 0 Å². The summed E-state index contributed by atoms with van der Waals surface area (Å²) in [6.45, 7) is 10.0. The highest BCUT2D eigenvalue weighted by molar-refractivity contribution is 4.64. The molecule has 3 heteroatoms. The summed E-state index contributed by atoms with van der Waals surface area (Å²) in [7, 11) is 0. The molecule has 0 fully saturated rings. The Labute approximate surface area is 88.3 Å². The summed E-state index contributed by atoms with van der Waals surface area (Å²) in [5.41, 5.74) is 0. The number of aliphatic hydroxyl groups is 1. The quantitative estimate of drug-likeness (QED) is 0.488. The van der Waals surface area contributed by atoms with E-state index in [0.29, 0.717) is 12.6 Å². The minimum absolute atomic E-state index is 0.307. The number of nitrogens with one attached hydrogen (secondary N) is 2. The molecule has 0 amide bonds. The molecule has 3 N–H and O–H groups in total. The van der Waals surface area contributed by atoms with Gasteiger partial charge in [-0.3, -0.25) is 0 Å². The van der Waals surface area contributed by atoms with Crippen LogP contribution in [0.3, 0.4) is 0 Å². The van der Waals surface area contributed by atoms with E-state index < -0.39 is 0 Å². The number of unbranched alkanes of at least 4 members (excludes halogenated alkanes) is 1. The van der Waals surface area contributed by atoms with E-state index in [9.17, 15) is 0 Å². The monoisotopic (exact) mass is 202 g/mol. The van der Waals surface area contributed by atoms with Gasteiger partial charge in [0, 0.05) is 19.2 Å². The molecule has 14 heavy (non-hydrogen) atoms. The Hall–Kier alpha value is -0.120. The van der Waals surface area contributed by atoms with E-state index in [1.165, 1.54) is 0 Å². The highest BCUT2D eigenvalue weighted by Gasteiger charge is 2.00. The van der Waals surface area contributed by atoms with Crippen molar-refractivity contribution in [1.29, 1.82) is 0 Å². The molecule has 1 unspecified atom stereocenters. The zero-order valence-corrected chi connectivity index (χ0v) is 9.84. The van der Waals surface area contributed by atoms with Crippen LogP contribution in [-0.4, -0.2) is 37.4 Å². The van der Waals surface area contributed by atoms with Crippen molar-refractivity contribution in [2.45, 2.75) is 39.7 Å². The molecule has 0 saturated heterocycles. The largest absolute Gasteiger partial charge is 0.396 e. The lowest BCUT2D eigenvalue weighted by molar-refractivity contribution is 0.282. The number of rotatable bonds is 9. The van der Waals surface area contributed by atoms with Gasteiger partial charge in [-0.25, -0.2) is 0 Å². The minimum Gasteiger partial charge on any atom is -0.396 e. The van der Waals surface area contributed by atoms with Gasteiger partial charge in [0.1, 0.15) is 0 Å². The Morgan fingerprint density at radius 1 is 1.07 bits per heavy atom. The molecule has 3 nitrogen and oxygen atoms in total. The fraction of sp³-hybridized carbons (Fsp3) is 1.00. The highest BCUT2D eigenvalue weighted by Crippen LogP contribution is 1.89. The van der Waals surface area contributed by atoms with E-state index in [1.54, 1.807) is 0 Å². The normalized spacial score (nSPS) is 13.5. The molecule has 0 rings (SSSR count). The van der Waals surface area contributed by atoms with Crippen LogP contribution in [0.15, 0.2) is 0 Å². The zero-order valence-electron chi connectivity index (χ0n) is 9.84. The molecule has 0 aromatic rings. The van der Waals surface area contributed by atoms with Crippen LogP contribution in [0.2, 0.25) is 0 Å². The van der Waals surface area contributed by atoms with Crippen LogP contribution in [-0.2, 0) is 0 Å².